The smallest absolute Gasteiger partial charge is 0.301 e. The Bertz CT molecular complexity index is 1250. The SMILES string of the molecule is COC1CN(C(=O)c2cc(C)ccc2C)CC1Oc1cc(NS(=O)(=O)N2C[C@H]3C[C@@H]3C2)cc(F)n1. The fraction of sp³-hybridized carbons (Fsp3) is 0.500. The quantitative estimate of drug-likeness (QED) is 0.581. The number of carbonyl (C=O) groups excluding carboxylic acids is 1. The Morgan fingerprint density at radius 3 is 2.51 bits per heavy atom. The van der Waals surface area contributed by atoms with Crippen LogP contribution in [0, 0.1) is 31.6 Å². The van der Waals surface area contributed by atoms with Gasteiger partial charge < -0.3 is 14.4 Å². The lowest BCUT2D eigenvalue weighted by atomic mass is 10.0. The lowest BCUT2D eigenvalue weighted by Crippen LogP contribution is -2.35. The molecule has 3 aliphatic rings. The van der Waals surface area contributed by atoms with E-state index in [1.807, 2.05) is 32.0 Å². The fourth-order valence-electron chi connectivity index (χ4n) is 4.90. The zero-order valence-corrected chi connectivity index (χ0v) is 20.7. The van der Waals surface area contributed by atoms with Gasteiger partial charge in [-0.15, -0.1) is 0 Å². The minimum atomic E-state index is -3.79. The second kappa shape index (κ2) is 9.03. The summed E-state index contributed by atoms with van der Waals surface area (Å²) in [5, 5.41) is 0. The van der Waals surface area contributed by atoms with Crippen molar-refractivity contribution in [3.63, 3.8) is 0 Å². The maximum atomic E-state index is 14.3. The van der Waals surface area contributed by atoms with Gasteiger partial charge in [-0.05, 0) is 43.7 Å². The molecule has 1 amide bonds. The summed E-state index contributed by atoms with van der Waals surface area (Å²) in [6.07, 6.45) is 0.0166. The van der Waals surface area contributed by atoms with Crippen molar-refractivity contribution in [3.8, 4) is 5.88 Å². The summed E-state index contributed by atoms with van der Waals surface area (Å²) >= 11 is 0. The molecule has 3 heterocycles. The fourth-order valence-corrected chi connectivity index (χ4v) is 6.22. The number of likely N-dealkylation sites (tertiary alicyclic amines) is 1. The van der Waals surface area contributed by atoms with E-state index >= 15 is 0 Å². The summed E-state index contributed by atoms with van der Waals surface area (Å²) in [5.74, 6) is -0.229. The first-order valence-corrected chi connectivity index (χ1v) is 13.1. The number of nitrogens with zero attached hydrogens (tertiary/aromatic N) is 3. The highest BCUT2D eigenvalue weighted by atomic mass is 32.2. The van der Waals surface area contributed by atoms with Gasteiger partial charge in [0.15, 0.2) is 0 Å². The van der Waals surface area contributed by atoms with Crippen molar-refractivity contribution in [2.45, 2.75) is 32.5 Å². The normalized spacial score (nSPS) is 26.0. The van der Waals surface area contributed by atoms with Crippen LogP contribution in [0.1, 0.15) is 27.9 Å². The minimum Gasteiger partial charge on any atom is -0.469 e. The number of anilines is 1. The van der Waals surface area contributed by atoms with E-state index in [-0.39, 0.29) is 24.0 Å². The maximum Gasteiger partial charge on any atom is 0.301 e. The number of halogens is 1. The molecule has 4 atom stereocenters. The predicted octanol–water partition coefficient (Wildman–Crippen LogP) is 2.36. The molecule has 0 spiro atoms. The summed E-state index contributed by atoms with van der Waals surface area (Å²) in [4.78, 5) is 18.6. The van der Waals surface area contributed by atoms with E-state index in [0.717, 1.165) is 23.6 Å². The lowest BCUT2D eigenvalue weighted by Gasteiger charge is -2.20. The summed E-state index contributed by atoms with van der Waals surface area (Å²) < 4.78 is 55.0. The number of benzene rings is 1. The molecule has 35 heavy (non-hydrogen) atoms. The molecule has 1 aromatic carbocycles. The molecule has 1 saturated carbocycles. The van der Waals surface area contributed by atoms with Gasteiger partial charge in [0.2, 0.25) is 11.8 Å². The average molecular weight is 505 g/mol. The molecule has 1 aromatic heterocycles. The number of nitrogens with one attached hydrogen (secondary N) is 1. The third-order valence-corrected chi connectivity index (χ3v) is 8.48. The van der Waals surface area contributed by atoms with Gasteiger partial charge in [-0.1, -0.05) is 17.7 Å². The number of carbonyl (C=O) groups is 1. The van der Waals surface area contributed by atoms with E-state index in [2.05, 4.69) is 9.71 Å². The molecule has 188 valence electrons. The highest BCUT2D eigenvalue weighted by Crippen LogP contribution is 2.45. The lowest BCUT2D eigenvalue weighted by molar-refractivity contribution is 0.0316. The van der Waals surface area contributed by atoms with E-state index in [1.165, 1.54) is 17.5 Å². The zero-order valence-electron chi connectivity index (χ0n) is 19.9. The first kappa shape index (κ1) is 24.0. The number of piperidine rings is 1. The van der Waals surface area contributed by atoms with Crippen molar-refractivity contribution >= 4 is 21.8 Å². The topological polar surface area (TPSA) is 101 Å². The van der Waals surface area contributed by atoms with Crippen LogP contribution >= 0.6 is 0 Å². The van der Waals surface area contributed by atoms with Gasteiger partial charge in [0.25, 0.3) is 5.91 Å². The van der Waals surface area contributed by atoms with E-state index < -0.39 is 28.4 Å². The first-order chi connectivity index (χ1) is 16.6. The Balaban J connectivity index is 1.29. The van der Waals surface area contributed by atoms with Gasteiger partial charge in [-0.2, -0.15) is 22.1 Å². The highest BCUT2D eigenvalue weighted by molar-refractivity contribution is 7.90. The first-order valence-electron chi connectivity index (χ1n) is 11.6. The molecule has 0 bridgehead atoms. The molecule has 1 N–H and O–H groups in total. The van der Waals surface area contributed by atoms with Gasteiger partial charge in [0, 0.05) is 37.9 Å². The average Bonchev–Trinajstić information content (AvgIpc) is 3.20. The van der Waals surface area contributed by atoms with Crippen molar-refractivity contribution in [2.75, 3.05) is 38.0 Å². The van der Waals surface area contributed by atoms with Crippen LogP contribution < -0.4 is 9.46 Å². The summed E-state index contributed by atoms with van der Waals surface area (Å²) in [7, 11) is -2.27. The van der Waals surface area contributed by atoms with Crippen LogP contribution in [0.25, 0.3) is 0 Å². The Kier molecular flexibility index (Phi) is 6.18. The minimum absolute atomic E-state index is 0.0309. The number of pyridine rings is 1. The monoisotopic (exact) mass is 504 g/mol. The predicted molar refractivity (Wildman–Crippen MR) is 127 cm³/mol. The van der Waals surface area contributed by atoms with Gasteiger partial charge in [-0.3, -0.25) is 9.52 Å². The van der Waals surface area contributed by atoms with E-state index in [9.17, 15) is 17.6 Å². The van der Waals surface area contributed by atoms with Crippen molar-refractivity contribution in [2.24, 2.45) is 11.8 Å². The Morgan fingerprint density at radius 2 is 1.80 bits per heavy atom. The molecule has 2 saturated heterocycles. The number of ether oxygens (including phenoxy) is 2. The largest absolute Gasteiger partial charge is 0.469 e. The van der Waals surface area contributed by atoms with Crippen molar-refractivity contribution < 1.29 is 27.1 Å². The summed E-state index contributed by atoms with van der Waals surface area (Å²) in [5.41, 5.74) is 2.50. The molecule has 5 rings (SSSR count). The Hall–Kier alpha value is -2.76. The number of methoxy groups -OCH3 is 1. The van der Waals surface area contributed by atoms with Crippen molar-refractivity contribution in [3.05, 3.63) is 53.0 Å². The van der Waals surface area contributed by atoms with Crippen molar-refractivity contribution in [1.82, 2.24) is 14.2 Å². The van der Waals surface area contributed by atoms with E-state index in [1.54, 1.807) is 4.90 Å². The molecular formula is C24H29FN4O5S. The van der Waals surface area contributed by atoms with E-state index in [4.69, 9.17) is 9.47 Å². The Labute approximate surface area is 204 Å². The van der Waals surface area contributed by atoms with Gasteiger partial charge in [0.05, 0.1) is 18.8 Å². The van der Waals surface area contributed by atoms with Gasteiger partial charge in [-0.25, -0.2) is 0 Å². The molecule has 2 aliphatic heterocycles. The van der Waals surface area contributed by atoms with Crippen LogP contribution in [-0.2, 0) is 14.9 Å². The molecule has 3 fully saturated rings. The number of amides is 1. The molecule has 1 aliphatic carbocycles. The van der Waals surface area contributed by atoms with E-state index in [0.29, 0.717) is 37.0 Å². The molecular weight excluding hydrogens is 475 g/mol. The highest BCUT2D eigenvalue weighted by Gasteiger charge is 2.48. The van der Waals surface area contributed by atoms with Crippen LogP contribution in [-0.4, -0.2) is 74.0 Å². The second-order valence-electron chi connectivity index (χ2n) is 9.66. The number of fused-ring (bicyclic) bond motifs is 1. The van der Waals surface area contributed by atoms with Crippen LogP contribution in [0.15, 0.2) is 30.3 Å². The zero-order chi connectivity index (χ0) is 24.9. The van der Waals surface area contributed by atoms with Gasteiger partial charge >= 0.3 is 10.2 Å². The molecule has 0 radical (unpaired) electrons. The van der Waals surface area contributed by atoms with Crippen LogP contribution in [0.4, 0.5) is 10.1 Å². The van der Waals surface area contributed by atoms with Gasteiger partial charge in [0.1, 0.15) is 12.2 Å². The maximum absolute atomic E-state index is 14.3. The van der Waals surface area contributed by atoms with Crippen LogP contribution in [0.3, 0.4) is 0 Å². The molecule has 9 nitrogen and oxygen atoms in total. The third-order valence-electron chi connectivity index (χ3n) is 7.00. The number of hydrogen-bond acceptors (Lipinski definition) is 6. The van der Waals surface area contributed by atoms with Crippen LogP contribution in [0.2, 0.25) is 0 Å². The number of aromatic nitrogens is 1. The molecule has 2 aromatic rings. The second-order valence-corrected chi connectivity index (χ2v) is 11.3. The molecule has 2 unspecified atom stereocenters. The third kappa shape index (κ3) is 4.98. The standard InChI is InChI=1S/C24H29FN4O5S/c1-14-4-5-15(2)19(6-14)24(30)28-12-20(33-3)21(13-28)34-23-9-18(8-22(25)26-23)27-35(31,32)29-10-16-7-17(16)11-29/h4-6,8-9,16-17,20-21H,7,10-13H2,1-3H3,(H,26,27)/t16-,17-,20?,21?/m1/s1. The van der Waals surface area contributed by atoms with Crippen LogP contribution in [0.5, 0.6) is 5.88 Å². The number of aryl methyl sites for hydroxylation is 2. The number of hydrogen-bond donors (Lipinski definition) is 1. The summed E-state index contributed by atoms with van der Waals surface area (Å²) in [6.45, 7) is 5.31. The Morgan fingerprint density at radius 1 is 1.09 bits per heavy atom. The number of rotatable bonds is 7. The summed E-state index contributed by atoms with van der Waals surface area (Å²) in [6, 6.07) is 8.07. The van der Waals surface area contributed by atoms with Crippen molar-refractivity contribution in [1.29, 1.82) is 0 Å². The molecule has 11 heteroatoms.